The second-order valence-electron chi connectivity index (χ2n) is 7.65. The Labute approximate surface area is 191 Å². The molecule has 0 bridgehead atoms. The highest BCUT2D eigenvalue weighted by atomic mass is 32.2. The Kier molecular flexibility index (Phi) is 7.59. The standard InChI is InChI=1S/C28H27NS.CH4/c1-20-9-13-23(14-10-20)26-17-25(22-7-5-4-6-8-22)18-27(28(26)29-19-30-3)24-15-11-21(2)12-16-24;/h4-18,29H,19H2,1-3H3;1H4. The molecule has 4 aromatic rings. The van der Waals surface area contributed by atoms with Crippen LogP contribution in [-0.2, 0) is 0 Å². The topological polar surface area (TPSA) is 12.0 Å². The Morgan fingerprint density at radius 1 is 0.613 bits per heavy atom. The van der Waals surface area contributed by atoms with Crippen LogP contribution in [0.15, 0.2) is 91.0 Å². The smallest absolute Gasteiger partial charge is 0.0608 e. The van der Waals surface area contributed by atoms with Gasteiger partial charge in [0.2, 0.25) is 0 Å². The SMILES string of the molecule is C.CSCNc1c(-c2ccc(C)cc2)cc(-c2ccccc2)cc1-c1ccc(C)cc1. The van der Waals surface area contributed by atoms with Gasteiger partial charge in [-0.15, -0.1) is 11.8 Å². The molecule has 4 aromatic carbocycles. The van der Waals surface area contributed by atoms with Crippen molar-refractivity contribution in [3.63, 3.8) is 0 Å². The zero-order valence-corrected chi connectivity index (χ0v) is 18.6. The van der Waals surface area contributed by atoms with Crippen LogP contribution in [0.1, 0.15) is 18.6 Å². The Morgan fingerprint density at radius 2 is 1.10 bits per heavy atom. The monoisotopic (exact) mass is 425 g/mol. The molecule has 0 radical (unpaired) electrons. The minimum absolute atomic E-state index is 0. The highest BCUT2D eigenvalue weighted by molar-refractivity contribution is 7.98. The average Bonchev–Trinajstić information content (AvgIpc) is 2.79. The predicted octanol–water partition coefficient (Wildman–Crippen LogP) is 8.67. The van der Waals surface area contributed by atoms with E-state index in [4.69, 9.17) is 0 Å². The first-order chi connectivity index (χ1) is 14.7. The molecular weight excluding hydrogens is 394 g/mol. The molecule has 0 unspecified atom stereocenters. The molecule has 0 aliphatic heterocycles. The molecule has 0 saturated heterocycles. The van der Waals surface area contributed by atoms with E-state index < -0.39 is 0 Å². The third-order valence-electron chi connectivity index (χ3n) is 5.36. The molecule has 4 rings (SSSR count). The van der Waals surface area contributed by atoms with Crippen LogP contribution in [0.25, 0.3) is 33.4 Å². The number of benzene rings is 4. The van der Waals surface area contributed by atoms with Crippen LogP contribution in [0.4, 0.5) is 5.69 Å². The van der Waals surface area contributed by atoms with Gasteiger partial charge in [-0.25, -0.2) is 0 Å². The predicted molar refractivity (Wildman–Crippen MR) is 141 cm³/mol. The first-order valence-corrected chi connectivity index (χ1v) is 11.7. The summed E-state index contributed by atoms with van der Waals surface area (Å²) < 4.78 is 0. The van der Waals surface area contributed by atoms with Gasteiger partial charge in [0, 0.05) is 11.1 Å². The number of hydrogen-bond donors (Lipinski definition) is 1. The second kappa shape index (κ2) is 10.4. The molecule has 0 fully saturated rings. The van der Waals surface area contributed by atoms with Crippen molar-refractivity contribution in [3.8, 4) is 33.4 Å². The summed E-state index contributed by atoms with van der Waals surface area (Å²) in [6, 6.07) is 32.9. The van der Waals surface area contributed by atoms with Crippen molar-refractivity contribution >= 4 is 17.4 Å². The Morgan fingerprint density at radius 3 is 1.55 bits per heavy atom. The summed E-state index contributed by atoms with van der Waals surface area (Å²) in [5, 5.41) is 3.70. The number of nitrogens with one attached hydrogen (secondary N) is 1. The van der Waals surface area contributed by atoms with Gasteiger partial charge in [-0.2, -0.15) is 0 Å². The molecule has 2 heteroatoms. The summed E-state index contributed by atoms with van der Waals surface area (Å²) in [6.07, 6.45) is 2.13. The fourth-order valence-electron chi connectivity index (χ4n) is 3.70. The highest BCUT2D eigenvalue weighted by Crippen LogP contribution is 2.41. The third-order valence-corrected chi connectivity index (χ3v) is 5.80. The number of thioether (sulfide) groups is 1. The molecule has 1 nitrogen and oxygen atoms in total. The molecule has 31 heavy (non-hydrogen) atoms. The fourth-order valence-corrected chi connectivity index (χ4v) is 3.98. The minimum atomic E-state index is 0. The lowest BCUT2D eigenvalue weighted by Gasteiger charge is -2.20. The van der Waals surface area contributed by atoms with Crippen molar-refractivity contribution < 1.29 is 0 Å². The number of anilines is 1. The van der Waals surface area contributed by atoms with Crippen LogP contribution in [0.2, 0.25) is 0 Å². The zero-order valence-electron chi connectivity index (χ0n) is 17.8. The van der Waals surface area contributed by atoms with Gasteiger partial charge >= 0.3 is 0 Å². The van der Waals surface area contributed by atoms with Crippen LogP contribution in [0.5, 0.6) is 0 Å². The van der Waals surface area contributed by atoms with Gasteiger partial charge in [-0.3, -0.25) is 0 Å². The van der Waals surface area contributed by atoms with Crippen molar-refractivity contribution in [3.05, 3.63) is 102 Å². The molecule has 0 aliphatic carbocycles. The van der Waals surface area contributed by atoms with Gasteiger partial charge in [0.25, 0.3) is 0 Å². The highest BCUT2D eigenvalue weighted by Gasteiger charge is 2.15. The maximum atomic E-state index is 3.70. The van der Waals surface area contributed by atoms with Crippen molar-refractivity contribution in [2.24, 2.45) is 0 Å². The van der Waals surface area contributed by atoms with E-state index in [-0.39, 0.29) is 7.43 Å². The lowest BCUT2D eigenvalue weighted by Crippen LogP contribution is -2.02. The van der Waals surface area contributed by atoms with Gasteiger partial charge in [0.05, 0.1) is 11.6 Å². The first-order valence-electron chi connectivity index (χ1n) is 10.3. The maximum Gasteiger partial charge on any atom is 0.0608 e. The first kappa shape index (κ1) is 22.7. The molecule has 0 amide bonds. The summed E-state index contributed by atoms with van der Waals surface area (Å²) in [5.74, 6) is 0.863. The number of hydrogen-bond acceptors (Lipinski definition) is 2. The van der Waals surface area contributed by atoms with Crippen LogP contribution in [0.3, 0.4) is 0 Å². The molecular formula is C29H31NS. The van der Waals surface area contributed by atoms with E-state index in [9.17, 15) is 0 Å². The average molecular weight is 426 g/mol. The van der Waals surface area contributed by atoms with Gasteiger partial charge in [-0.05, 0) is 54.5 Å². The Hall–Kier alpha value is -2.97. The van der Waals surface area contributed by atoms with E-state index >= 15 is 0 Å². The summed E-state index contributed by atoms with van der Waals surface area (Å²) in [4.78, 5) is 0. The Bertz CT molecular complexity index is 1050. The number of rotatable bonds is 6. The van der Waals surface area contributed by atoms with Gasteiger partial charge < -0.3 is 5.32 Å². The van der Waals surface area contributed by atoms with Crippen molar-refractivity contribution in [1.29, 1.82) is 0 Å². The van der Waals surface area contributed by atoms with E-state index in [0.717, 1.165) is 5.88 Å². The van der Waals surface area contributed by atoms with Crippen LogP contribution >= 0.6 is 11.8 Å². The van der Waals surface area contributed by atoms with Gasteiger partial charge in [-0.1, -0.05) is 97.4 Å². The molecule has 0 atom stereocenters. The molecule has 0 aliphatic rings. The number of aryl methyl sites for hydroxylation is 2. The molecule has 0 saturated carbocycles. The summed E-state index contributed by atoms with van der Waals surface area (Å²) in [7, 11) is 0. The van der Waals surface area contributed by atoms with Crippen molar-refractivity contribution in [2.45, 2.75) is 21.3 Å². The van der Waals surface area contributed by atoms with Crippen molar-refractivity contribution in [2.75, 3.05) is 17.4 Å². The van der Waals surface area contributed by atoms with E-state index in [2.05, 4.69) is 116 Å². The van der Waals surface area contributed by atoms with E-state index in [1.54, 1.807) is 11.8 Å². The molecule has 0 aromatic heterocycles. The van der Waals surface area contributed by atoms with Crippen LogP contribution in [0, 0.1) is 13.8 Å². The van der Waals surface area contributed by atoms with Crippen molar-refractivity contribution in [1.82, 2.24) is 0 Å². The van der Waals surface area contributed by atoms with Crippen LogP contribution < -0.4 is 5.32 Å². The molecule has 158 valence electrons. The van der Waals surface area contributed by atoms with Gasteiger partial charge in [0.1, 0.15) is 0 Å². The lowest BCUT2D eigenvalue weighted by atomic mass is 9.90. The van der Waals surface area contributed by atoms with Crippen LogP contribution in [-0.4, -0.2) is 12.1 Å². The largest absolute Gasteiger partial charge is 0.375 e. The van der Waals surface area contributed by atoms with Gasteiger partial charge in [0.15, 0.2) is 0 Å². The van der Waals surface area contributed by atoms with E-state index in [0.29, 0.717) is 0 Å². The molecule has 1 N–H and O–H groups in total. The molecule has 0 spiro atoms. The zero-order chi connectivity index (χ0) is 20.9. The third kappa shape index (κ3) is 5.21. The summed E-state index contributed by atoms with van der Waals surface area (Å²) >= 11 is 1.80. The minimum Gasteiger partial charge on any atom is -0.375 e. The lowest BCUT2D eigenvalue weighted by molar-refractivity contribution is 1.42. The quantitative estimate of drug-likeness (QED) is 0.310. The maximum absolute atomic E-state index is 3.70. The molecule has 0 heterocycles. The summed E-state index contributed by atoms with van der Waals surface area (Å²) in [6.45, 7) is 4.27. The summed E-state index contributed by atoms with van der Waals surface area (Å²) in [5.41, 5.74) is 11.1. The Balaban J connectivity index is 0.00000272. The second-order valence-corrected chi connectivity index (χ2v) is 8.52. The fraction of sp³-hybridized carbons (Fsp3) is 0.172. The van der Waals surface area contributed by atoms with E-state index in [1.807, 2.05) is 0 Å². The normalized spacial score (nSPS) is 10.4. The van der Waals surface area contributed by atoms with E-state index in [1.165, 1.54) is 50.2 Å².